The average molecular weight is 362 g/mol. The molecule has 4 rings (SSSR count). The van der Waals surface area contributed by atoms with Crippen molar-refractivity contribution < 1.29 is 13.9 Å². The van der Waals surface area contributed by atoms with E-state index in [0.717, 1.165) is 51.2 Å². The number of benzene rings is 2. The van der Waals surface area contributed by atoms with E-state index in [4.69, 9.17) is 13.9 Å². The highest BCUT2D eigenvalue weighted by Crippen LogP contribution is 2.31. The lowest BCUT2D eigenvalue weighted by Crippen LogP contribution is -2.16. The molecule has 0 saturated carbocycles. The second-order valence-electron chi connectivity index (χ2n) is 6.43. The number of nitrogens with zero attached hydrogens (tertiary/aromatic N) is 1. The molecule has 0 atom stereocenters. The summed E-state index contributed by atoms with van der Waals surface area (Å²) in [6.07, 6.45) is 1.74. The molecule has 27 heavy (non-hydrogen) atoms. The number of ether oxygens (including phenoxy) is 2. The molecule has 0 saturated heterocycles. The molecule has 2 aromatic heterocycles. The molecule has 0 radical (unpaired) electrons. The Labute approximate surface area is 157 Å². The van der Waals surface area contributed by atoms with E-state index in [1.807, 2.05) is 56.4 Å². The molecule has 0 aliphatic carbocycles. The van der Waals surface area contributed by atoms with Crippen LogP contribution < -0.4 is 14.8 Å². The number of likely N-dealkylation sites (N-methyl/N-ethyl adjacent to an activating group) is 1. The van der Waals surface area contributed by atoms with Gasteiger partial charge in [-0.15, -0.1) is 0 Å². The first-order valence-electron chi connectivity index (χ1n) is 9.01. The minimum atomic E-state index is 0.407. The molecule has 0 aliphatic rings. The van der Waals surface area contributed by atoms with Crippen LogP contribution in [-0.4, -0.2) is 25.2 Å². The molecule has 2 heterocycles. The summed E-state index contributed by atoms with van der Waals surface area (Å²) in [5.74, 6) is 1.57. The monoisotopic (exact) mass is 362 g/mol. The molecule has 1 N–H and O–H groups in total. The van der Waals surface area contributed by atoms with Crippen molar-refractivity contribution in [1.29, 1.82) is 0 Å². The van der Waals surface area contributed by atoms with E-state index in [1.165, 1.54) is 0 Å². The molecule has 0 aliphatic heterocycles. The Balaban J connectivity index is 1.49. The van der Waals surface area contributed by atoms with Gasteiger partial charge in [-0.1, -0.05) is 18.2 Å². The quantitative estimate of drug-likeness (QED) is 0.492. The van der Waals surface area contributed by atoms with Crippen molar-refractivity contribution in [3.8, 4) is 11.5 Å². The van der Waals surface area contributed by atoms with Gasteiger partial charge in [-0.2, -0.15) is 0 Å². The van der Waals surface area contributed by atoms with Crippen LogP contribution in [-0.2, 0) is 6.61 Å². The summed E-state index contributed by atoms with van der Waals surface area (Å²) in [4.78, 5) is 4.49. The normalized spacial score (nSPS) is 11.2. The number of para-hydroxylation sites is 1. The topological polar surface area (TPSA) is 56.5 Å². The summed E-state index contributed by atoms with van der Waals surface area (Å²) in [5, 5.41) is 5.20. The van der Waals surface area contributed by atoms with Crippen molar-refractivity contribution in [3.05, 3.63) is 66.0 Å². The zero-order valence-corrected chi connectivity index (χ0v) is 15.5. The first-order valence-corrected chi connectivity index (χ1v) is 9.01. The standard InChI is InChI=1S/C22H22N2O3/c1-15-11-17(25-10-9-23-2)13-24-20(15)14-26-16-7-8-22-19(12-16)18-5-3-4-6-21(18)27-22/h3-8,11-13,23H,9-10,14H2,1-2H3. The van der Waals surface area contributed by atoms with E-state index >= 15 is 0 Å². The van der Waals surface area contributed by atoms with Crippen molar-refractivity contribution in [2.45, 2.75) is 13.5 Å². The zero-order chi connectivity index (χ0) is 18.6. The fourth-order valence-electron chi connectivity index (χ4n) is 3.02. The number of nitrogens with one attached hydrogen (secondary N) is 1. The maximum Gasteiger partial charge on any atom is 0.137 e. The maximum atomic E-state index is 5.98. The highest BCUT2D eigenvalue weighted by Gasteiger charge is 2.09. The highest BCUT2D eigenvalue weighted by molar-refractivity contribution is 6.05. The maximum absolute atomic E-state index is 5.98. The van der Waals surface area contributed by atoms with Gasteiger partial charge in [0.15, 0.2) is 0 Å². The van der Waals surface area contributed by atoms with Gasteiger partial charge in [0.25, 0.3) is 0 Å². The van der Waals surface area contributed by atoms with Crippen LogP contribution in [0, 0.1) is 6.92 Å². The summed E-state index contributed by atoms with van der Waals surface area (Å²) >= 11 is 0. The van der Waals surface area contributed by atoms with Gasteiger partial charge in [0.1, 0.15) is 35.9 Å². The average Bonchev–Trinajstić information content (AvgIpc) is 3.05. The lowest BCUT2D eigenvalue weighted by molar-refractivity contribution is 0.297. The summed E-state index contributed by atoms with van der Waals surface area (Å²) in [6.45, 7) is 3.84. The molecular formula is C22H22N2O3. The van der Waals surface area contributed by atoms with Crippen LogP contribution in [0.25, 0.3) is 21.9 Å². The third kappa shape index (κ3) is 3.73. The van der Waals surface area contributed by atoms with Crippen LogP contribution in [0.5, 0.6) is 11.5 Å². The highest BCUT2D eigenvalue weighted by atomic mass is 16.5. The van der Waals surface area contributed by atoms with E-state index in [0.29, 0.717) is 13.2 Å². The van der Waals surface area contributed by atoms with E-state index in [2.05, 4.69) is 16.4 Å². The minimum Gasteiger partial charge on any atom is -0.491 e. The van der Waals surface area contributed by atoms with Crippen LogP contribution in [0.3, 0.4) is 0 Å². The lowest BCUT2D eigenvalue weighted by Gasteiger charge is -2.10. The second-order valence-corrected chi connectivity index (χ2v) is 6.43. The zero-order valence-electron chi connectivity index (χ0n) is 15.5. The summed E-state index contributed by atoms with van der Waals surface area (Å²) in [6, 6.07) is 15.9. The summed E-state index contributed by atoms with van der Waals surface area (Å²) in [7, 11) is 1.90. The first-order chi connectivity index (χ1) is 13.2. The van der Waals surface area contributed by atoms with Crippen molar-refractivity contribution in [2.75, 3.05) is 20.2 Å². The Morgan fingerprint density at radius 3 is 2.67 bits per heavy atom. The Hall–Kier alpha value is -3.05. The fourth-order valence-corrected chi connectivity index (χ4v) is 3.02. The second kappa shape index (κ2) is 7.68. The Bertz CT molecular complexity index is 1070. The number of hydrogen-bond donors (Lipinski definition) is 1. The van der Waals surface area contributed by atoms with E-state index < -0.39 is 0 Å². The SMILES string of the molecule is CNCCOc1cnc(COc2ccc3oc4ccccc4c3c2)c(C)c1. The number of rotatable bonds is 7. The predicted octanol–water partition coefficient (Wildman–Crippen LogP) is 4.47. The van der Waals surface area contributed by atoms with Gasteiger partial charge in [-0.3, -0.25) is 4.98 Å². The molecule has 5 heteroatoms. The molecule has 2 aromatic carbocycles. The number of hydrogen-bond acceptors (Lipinski definition) is 5. The van der Waals surface area contributed by atoms with Crippen molar-refractivity contribution >= 4 is 21.9 Å². The van der Waals surface area contributed by atoms with E-state index in [-0.39, 0.29) is 0 Å². The van der Waals surface area contributed by atoms with E-state index in [1.54, 1.807) is 6.20 Å². The van der Waals surface area contributed by atoms with Gasteiger partial charge >= 0.3 is 0 Å². The van der Waals surface area contributed by atoms with Gasteiger partial charge < -0.3 is 19.2 Å². The van der Waals surface area contributed by atoms with Gasteiger partial charge in [0.05, 0.1) is 11.9 Å². The smallest absolute Gasteiger partial charge is 0.137 e. The molecular weight excluding hydrogens is 340 g/mol. The van der Waals surface area contributed by atoms with Crippen LogP contribution in [0.2, 0.25) is 0 Å². The Morgan fingerprint density at radius 2 is 1.81 bits per heavy atom. The third-order valence-corrected chi connectivity index (χ3v) is 4.51. The summed E-state index contributed by atoms with van der Waals surface area (Å²) in [5.41, 5.74) is 3.69. The molecule has 0 bridgehead atoms. The number of aryl methyl sites for hydroxylation is 1. The number of aromatic nitrogens is 1. The third-order valence-electron chi connectivity index (χ3n) is 4.51. The van der Waals surface area contributed by atoms with Gasteiger partial charge in [0.2, 0.25) is 0 Å². The van der Waals surface area contributed by atoms with Crippen molar-refractivity contribution in [2.24, 2.45) is 0 Å². The van der Waals surface area contributed by atoms with Crippen molar-refractivity contribution in [3.63, 3.8) is 0 Å². The van der Waals surface area contributed by atoms with Crippen LogP contribution >= 0.6 is 0 Å². The molecule has 4 aromatic rings. The van der Waals surface area contributed by atoms with Crippen LogP contribution in [0.15, 0.2) is 59.1 Å². The van der Waals surface area contributed by atoms with E-state index in [9.17, 15) is 0 Å². The minimum absolute atomic E-state index is 0.407. The molecule has 5 nitrogen and oxygen atoms in total. The Morgan fingerprint density at radius 1 is 0.963 bits per heavy atom. The number of furan rings is 1. The Kier molecular flexibility index (Phi) is 4.94. The molecule has 0 spiro atoms. The van der Waals surface area contributed by atoms with Gasteiger partial charge in [-0.25, -0.2) is 0 Å². The molecule has 0 unspecified atom stereocenters. The van der Waals surface area contributed by atoms with Crippen LogP contribution in [0.1, 0.15) is 11.3 Å². The van der Waals surface area contributed by atoms with Crippen molar-refractivity contribution in [1.82, 2.24) is 10.3 Å². The van der Waals surface area contributed by atoms with Gasteiger partial charge in [0, 0.05) is 17.3 Å². The molecule has 0 amide bonds. The first kappa shape index (κ1) is 17.4. The lowest BCUT2D eigenvalue weighted by atomic mass is 10.1. The van der Waals surface area contributed by atoms with Crippen LogP contribution in [0.4, 0.5) is 0 Å². The van der Waals surface area contributed by atoms with Gasteiger partial charge in [-0.05, 0) is 49.9 Å². The predicted molar refractivity (Wildman–Crippen MR) is 106 cm³/mol. The fraction of sp³-hybridized carbons (Fsp3) is 0.227. The summed E-state index contributed by atoms with van der Waals surface area (Å²) < 4.78 is 17.5. The molecule has 0 fully saturated rings. The molecule has 138 valence electrons. The largest absolute Gasteiger partial charge is 0.491 e. The number of fused-ring (bicyclic) bond motifs is 3. The number of pyridine rings is 1.